The zero-order valence-electron chi connectivity index (χ0n) is 10.9. The molecule has 3 nitrogen and oxygen atoms in total. The van der Waals surface area contributed by atoms with Crippen LogP contribution in [-0.2, 0) is 0 Å². The lowest BCUT2D eigenvalue weighted by Gasteiger charge is -2.13. The first kappa shape index (κ1) is 12.3. The van der Waals surface area contributed by atoms with Crippen molar-refractivity contribution < 1.29 is 4.74 Å². The van der Waals surface area contributed by atoms with Crippen molar-refractivity contribution in [2.45, 2.75) is 13.8 Å². The number of benzene rings is 2. The number of ether oxygens (including phenoxy) is 1. The zero-order chi connectivity index (χ0) is 13.1. The van der Waals surface area contributed by atoms with Gasteiger partial charge >= 0.3 is 0 Å². The quantitative estimate of drug-likeness (QED) is 0.808. The van der Waals surface area contributed by atoms with E-state index in [4.69, 9.17) is 10.5 Å². The lowest BCUT2D eigenvalue weighted by molar-refractivity contribution is 0.412. The monoisotopic (exact) mass is 242 g/mol. The Morgan fingerprint density at radius 1 is 1.06 bits per heavy atom. The summed E-state index contributed by atoms with van der Waals surface area (Å²) in [6, 6.07) is 11.9. The maximum absolute atomic E-state index is 5.98. The predicted octanol–water partition coefficient (Wildman–Crippen LogP) is 3.64. The highest BCUT2D eigenvalue weighted by Gasteiger charge is 2.04. The number of anilines is 3. The summed E-state index contributed by atoms with van der Waals surface area (Å²) in [5.41, 5.74) is 10.9. The lowest BCUT2D eigenvalue weighted by Crippen LogP contribution is -1.99. The predicted molar refractivity (Wildman–Crippen MR) is 76.6 cm³/mol. The fourth-order valence-corrected chi connectivity index (χ4v) is 1.96. The van der Waals surface area contributed by atoms with Gasteiger partial charge in [0.2, 0.25) is 0 Å². The Kier molecular flexibility index (Phi) is 3.42. The molecule has 0 aliphatic rings. The van der Waals surface area contributed by atoms with Crippen LogP contribution in [0, 0.1) is 13.8 Å². The van der Waals surface area contributed by atoms with Gasteiger partial charge in [-0.3, -0.25) is 0 Å². The smallest absolute Gasteiger partial charge is 0.121 e. The third-order valence-corrected chi connectivity index (χ3v) is 2.97. The van der Waals surface area contributed by atoms with Crippen LogP contribution >= 0.6 is 0 Å². The highest BCUT2D eigenvalue weighted by molar-refractivity contribution is 5.76. The molecular weight excluding hydrogens is 224 g/mol. The normalized spacial score (nSPS) is 10.2. The second kappa shape index (κ2) is 5.00. The molecule has 0 saturated carbocycles. The van der Waals surface area contributed by atoms with Crippen molar-refractivity contribution in [2.75, 3.05) is 18.2 Å². The van der Waals surface area contributed by atoms with Gasteiger partial charge in [-0.15, -0.1) is 0 Å². The molecule has 3 N–H and O–H groups in total. The average Bonchev–Trinajstić information content (AvgIpc) is 2.34. The first-order chi connectivity index (χ1) is 8.61. The molecule has 0 spiro atoms. The van der Waals surface area contributed by atoms with Gasteiger partial charge in [0.15, 0.2) is 0 Å². The van der Waals surface area contributed by atoms with Gasteiger partial charge in [-0.2, -0.15) is 0 Å². The van der Waals surface area contributed by atoms with Crippen LogP contribution in [-0.4, -0.2) is 7.11 Å². The van der Waals surface area contributed by atoms with Gasteiger partial charge in [0.05, 0.1) is 18.5 Å². The molecule has 0 heterocycles. The number of rotatable bonds is 3. The van der Waals surface area contributed by atoms with Gasteiger partial charge < -0.3 is 15.8 Å². The highest BCUT2D eigenvalue weighted by Crippen LogP contribution is 2.29. The maximum Gasteiger partial charge on any atom is 0.121 e. The number of nitrogens with one attached hydrogen (secondary N) is 1. The minimum absolute atomic E-state index is 0.753. The van der Waals surface area contributed by atoms with E-state index in [9.17, 15) is 0 Å². The molecule has 0 aliphatic heterocycles. The molecule has 0 aromatic heterocycles. The van der Waals surface area contributed by atoms with Gasteiger partial charge in [0.25, 0.3) is 0 Å². The molecule has 0 unspecified atom stereocenters. The molecular formula is C15H18N2O. The van der Waals surface area contributed by atoms with Crippen LogP contribution in [0.25, 0.3) is 0 Å². The number of aryl methyl sites for hydroxylation is 2. The number of hydrogen-bond donors (Lipinski definition) is 2. The second-order valence-corrected chi connectivity index (χ2v) is 4.35. The minimum Gasteiger partial charge on any atom is -0.496 e. The summed E-state index contributed by atoms with van der Waals surface area (Å²) in [5.74, 6) is 0.887. The first-order valence-corrected chi connectivity index (χ1v) is 5.88. The molecule has 18 heavy (non-hydrogen) atoms. The van der Waals surface area contributed by atoms with E-state index in [0.717, 1.165) is 33.9 Å². The van der Waals surface area contributed by atoms with Crippen molar-refractivity contribution in [2.24, 2.45) is 0 Å². The molecule has 0 saturated heterocycles. The van der Waals surface area contributed by atoms with E-state index in [1.165, 1.54) is 0 Å². The summed E-state index contributed by atoms with van der Waals surface area (Å²) < 4.78 is 5.25. The topological polar surface area (TPSA) is 47.3 Å². The molecule has 3 heteroatoms. The van der Waals surface area contributed by atoms with Gasteiger partial charge in [0, 0.05) is 5.69 Å². The maximum atomic E-state index is 5.98. The number of nitrogens with two attached hydrogens (primary N) is 1. The van der Waals surface area contributed by atoms with Crippen LogP contribution in [0.4, 0.5) is 17.1 Å². The number of nitrogen functional groups attached to an aromatic ring is 1. The standard InChI is InChI=1S/C15H18N2O/c1-10-5-4-6-13(16)15(10)17-12-7-8-14(18-3)11(2)9-12/h4-9,17H,16H2,1-3H3. The van der Waals surface area contributed by atoms with Gasteiger partial charge in [-0.1, -0.05) is 12.1 Å². The van der Waals surface area contributed by atoms with Crippen LogP contribution in [0.1, 0.15) is 11.1 Å². The van der Waals surface area contributed by atoms with E-state index in [0.29, 0.717) is 0 Å². The molecule has 2 rings (SSSR count). The third kappa shape index (κ3) is 2.40. The molecule has 0 aliphatic carbocycles. The minimum atomic E-state index is 0.753. The van der Waals surface area contributed by atoms with Crippen molar-refractivity contribution in [3.8, 4) is 5.75 Å². The van der Waals surface area contributed by atoms with Crippen LogP contribution < -0.4 is 15.8 Å². The van der Waals surface area contributed by atoms with E-state index in [1.807, 2.05) is 50.2 Å². The molecule has 94 valence electrons. The van der Waals surface area contributed by atoms with E-state index in [1.54, 1.807) is 7.11 Å². The van der Waals surface area contributed by atoms with Gasteiger partial charge in [-0.05, 0) is 49.2 Å². The summed E-state index contributed by atoms with van der Waals surface area (Å²) in [6.45, 7) is 4.06. The third-order valence-electron chi connectivity index (χ3n) is 2.97. The Labute approximate surface area is 108 Å². The van der Waals surface area contributed by atoms with E-state index in [-0.39, 0.29) is 0 Å². The molecule has 0 atom stereocenters. The summed E-state index contributed by atoms with van der Waals surface area (Å²) in [4.78, 5) is 0. The molecule has 0 radical (unpaired) electrons. The molecule has 2 aromatic carbocycles. The fraction of sp³-hybridized carbons (Fsp3) is 0.200. The van der Waals surface area contributed by atoms with Crippen molar-refractivity contribution >= 4 is 17.1 Å². The van der Waals surface area contributed by atoms with Crippen molar-refractivity contribution in [1.82, 2.24) is 0 Å². The van der Waals surface area contributed by atoms with Gasteiger partial charge in [0.1, 0.15) is 5.75 Å². The second-order valence-electron chi connectivity index (χ2n) is 4.35. The first-order valence-electron chi connectivity index (χ1n) is 5.88. The van der Waals surface area contributed by atoms with Crippen LogP contribution in [0.5, 0.6) is 5.75 Å². The molecule has 0 amide bonds. The summed E-state index contributed by atoms with van der Waals surface area (Å²) in [7, 11) is 1.68. The van der Waals surface area contributed by atoms with Crippen LogP contribution in [0.15, 0.2) is 36.4 Å². The van der Waals surface area contributed by atoms with Crippen molar-refractivity contribution in [1.29, 1.82) is 0 Å². The molecule has 0 fully saturated rings. The van der Waals surface area contributed by atoms with Crippen LogP contribution in [0.3, 0.4) is 0 Å². The van der Waals surface area contributed by atoms with Crippen molar-refractivity contribution in [3.05, 3.63) is 47.5 Å². The van der Waals surface area contributed by atoms with E-state index < -0.39 is 0 Å². The number of methoxy groups -OCH3 is 1. The number of hydrogen-bond acceptors (Lipinski definition) is 3. The fourth-order valence-electron chi connectivity index (χ4n) is 1.96. The van der Waals surface area contributed by atoms with Gasteiger partial charge in [-0.25, -0.2) is 0 Å². The zero-order valence-corrected chi connectivity index (χ0v) is 10.9. The summed E-state index contributed by atoms with van der Waals surface area (Å²) >= 11 is 0. The largest absolute Gasteiger partial charge is 0.496 e. The SMILES string of the molecule is COc1ccc(Nc2c(C)cccc2N)cc1C. The Balaban J connectivity index is 2.32. The Hall–Kier alpha value is -2.16. The Morgan fingerprint density at radius 3 is 2.44 bits per heavy atom. The van der Waals surface area contributed by atoms with Crippen LogP contribution in [0.2, 0.25) is 0 Å². The van der Waals surface area contributed by atoms with Crippen molar-refractivity contribution in [3.63, 3.8) is 0 Å². The summed E-state index contributed by atoms with van der Waals surface area (Å²) in [5, 5.41) is 3.35. The number of para-hydroxylation sites is 1. The lowest BCUT2D eigenvalue weighted by atomic mass is 10.1. The Morgan fingerprint density at radius 2 is 1.83 bits per heavy atom. The van der Waals surface area contributed by atoms with E-state index in [2.05, 4.69) is 5.32 Å². The molecule has 2 aromatic rings. The Bertz CT molecular complexity index is 544. The summed E-state index contributed by atoms with van der Waals surface area (Å²) in [6.07, 6.45) is 0. The molecule has 0 bridgehead atoms. The highest BCUT2D eigenvalue weighted by atomic mass is 16.5. The average molecular weight is 242 g/mol. The van der Waals surface area contributed by atoms with E-state index >= 15 is 0 Å².